The second-order valence-electron chi connectivity index (χ2n) is 5.16. The Hall–Kier alpha value is -3.10. The van der Waals surface area contributed by atoms with Gasteiger partial charge in [-0.15, -0.1) is 0 Å². The zero-order valence-electron chi connectivity index (χ0n) is 12.8. The minimum atomic E-state index is -4.48. The fraction of sp³-hybridized carbons (Fsp3) is 0.188. The first-order valence-electron chi connectivity index (χ1n) is 7.34. The highest BCUT2D eigenvalue weighted by Crippen LogP contribution is 2.27. The maximum atomic E-state index is 12.5. The van der Waals surface area contributed by atoms with Gasteiger partial charge in [0.15, 0.2) is 17.1 Å². The van der Waals surface area contributed by atoms with Crippen LogP contribution in [-0.2, 0) is 12.7 Å². The summed E-state index contributed by atoms with van der Waals surface area (Å²) in [7, 11) is 0. The molecule has 0 unspecified atom stereocenters. The van der Waals surface area contributed by atoms with E-state index in [-0.39, 0.29) is 18.8 Å². The van der Waals surface area contributed by atoms with Gasteiger partial charge in [-0.1, -0.05) is 35.5 Å². The lowest BCUT2D eigenvalue weighted by atomic mass is 10.1. The molecule has 0 aliphatic rings. The number of hydrogen-bond donors (Lipinski definition) is 1. The summed E-state index contributed by atoms with van der Waals surface area (Å²) in [5, 5.41) is 9.65. The fourth-order valence-corrected chi connectivity index (χ4v) is 2.13. The fourth-order valence-electron chi connectivity index (χ4n) is 2.13. The first-order valence-corrected chi connectivity index (χ1v) is 7.34. The molecule has 0 saturated heterocycles. The molecule has 2 heterocycles. The number of aromatic nitrogens is 3. The van der Waals surface area contributed by atoms with Crippen molar-refractivity contribution in [2.75, 3.05) is 6.54 Å². The third-order valence-electron chi connectivity index (χ3n) is 3.36. The highest BCUT2D eigenvalue weighted by molar-refractivity contribution is 5.93. The molecule has 25 heavy (non-hydrogen) atoms. The van der Waals surface area contributed by atoms with Gasteiger partial charge < -0.3 is 9.84 Å². The molecular weight excluding hydrogens is 337 g/mol. The molecule has 9 heteroatoms. The average Bonchev–Trinajstić information content (AvgIpc) is 3.25. The summed E-state index contributed by atoms with van der Waals surface area (Å²) in [6, 6.07) is 11.5. The number of hydrogen-bond acceptors (Lipinski definition) is 4. The monoisotopic (exact) mass is 350 g/mol. The molecular formula is C16H13F3N4O2. The van der Waals surface area contributed by atoms with E-state index in [9.17, 15) is 18.0 Å². The Kier molecular flexibility index (Phi) is 4.55. The summed E-state index contributed by atoms with van der Waals surface area (Å²) in [6.45, 7) is 0.205. The van der Waals surface area contributed by atoms with Crippen molar-refractivity contribution in [1.82, 2.24) is 20.3 Å². The van der Waals surface area contributed by atoms with Crippen LogP contribution in [-0.4, -0.2) is 27.4 Å². The average molecular weight is 350 g/mol. The van der Waals surface area contributed by atoms with Crippen LogP contribution in [0.25, 0.3) is 11.3 Å². The molecule has 2 aromatic heterocycles. The van der Waals surface area contributed by atoms with Gasteiger partial charge in [-0.3, -0.25) is 9.48 Å². The molecule has 3 rings (SSSR count). The summed E-state index contributed by atoms with van der Waals surface area (Å²) in [5.41, 5.74) is -0.0941. The summed E-state index contributed by atoms with van der Waals surface area (Å²) < 4.78 is 43.6. The van der Waals surface area contributed by atoms with Gasteiger partial charge in [-0.2, -0.15) is 18.3 Å². The SMILES string of the molecule is O=C(NCCn1ccc(C(F)(F)F)n1)c1cc(-c2ccccc2)on1. The molecule has 0 atom stereocenters. The van der Waals surface area contributed by atoms with Crippen molar-refractivity contribution in [3.63, 3.8) is 0 Å². The quantitative estimate of drug-likeness (QED) is 0.768. The second kappa shape index (κ2) is 6.80. The predicted molar refractivity (Wildman–Crippen MR) is 81.5 cm³/mol. The zero-order chi connectivity index (χ0) is 17.9. The van der Waals surface area contributed by atoms with Crippen molar-refractivity contribution in [2.24, 2.45) is 0 Å². The van der Waals surface area contributed by atoms with Crippen molar-refractivity contribution in [3.8, 4) is 11.3 Å². The van der Waals surface area contributed by atoms with E-state index < -0.39 is 17.8 Å². The molecule has 1 aromatic carbocycles. The number of benzene rings is 1. The molecule has 3 aromatic rings. The van der Waals surface area contributed by atoms with Crippen LogP contribution in [0.3, 0.4) is 0 Å². The lowest BCUT2D eigenvalue weighted by molar-refractivity contribution is -0.141. The van der Waals surface area contributed by atoms with Gasteiger partial charge in [-0.05, 0) is 6.07 Å². The highest BCUT2D eigenvalue weighted by atomic mass is 19.4. The van der Waals surface area contributed by atoms with Crippen LogP contribution in [0.15, 0.2) is 53.2 Å². The van der Waals surface area contributed by atoms with E-state index in [0.717, 1.165) is 16.3 Å². The summed E-state index contributed by atoms with van der Waals surface area (Å²) in [4.78, 5) is 12.0. The Bertz CT molecular complexity index is 856. The van der Waals surface area contributed by atoms with Crippen LogP contribution in [0.2, 0.25) is 0 Å². The first-order chi connectivity index (χ1) is 11.9. The number of amides is 1. The molecule has 0 aliphatic carbocycles. The predicted octanol–water partition coefficient (Wildman–Crippen LogP) is 2.99. The third-order valence-corrected chi connectivity index (χ3v) is 3.36. The van der Waals surface area contributed by atoms with Gasteiger partial charge in [0.25, 0.3) is 5.91 Å². The summed E-state index contributed by atoms with van der Waals surface area (Å²) >= 11 is 0. The van der Waals surface area contributed by atoms with E-state index >= 15 is 0 Å². The van der Waals surface area contributed by atoms with Crippen LogP contribution in [0.5, 0.6) is 0 Å². The summed E-state index contributed by atoms with van der Waals surface area (Å²) in [6.07, 6.45) is -3.28. The van der Waals surface area contributed by atoms with Crippen LogP contribution in [0, 0.1) is 0 Å². The van der Waals surface area contributed by atoms with Crippen molar-refractivity contribution in [2.45, 2.75) is 12.7 Å². The van der Waals surface area contributed by atoms with Crippen molar-refractivity contribution in [1.29, 1.82) is 0 Å². The van der Waals surface area contributed by atoms with E-state index in [2.05, 4.69) is 15.6 Å². The zero-order valence-corrected chi connectivity index (χ0v) is 12.8. The van der Waals surface area contributed by atoms with Crippen LogP contribution < -0.4 is 5.32 Å². The molecule has 0 fully saturated rings. The lowest BCUT2D eigenvalue weighted by Crippen LogP contribution is -2.27. The molecule has 130 valence electrons. The van der Waals surface area contributed by atoms with Gasteiger partial charge in [0, 0.05) is 24.4 Å². The van der Waals surface area contributed by atoms with E-state index in [1.165, 1.54) is 12.3 Å². The topological polar surface area (TPSA) is 73.0 Å². The number of rotatable bonds is 5. The highest BCUT2D eigenvalue weighted by Gasteiger charge is 2.33. The molecule has 0 bridgehead atoms. The Balaban J connectivity index is 1.55. The number of alkyl halides is 3. The van der Waals surface area contributed by atoms with E-state index in [1.54, 1.807) is 0 Å². The lowest BCUT2D eigenvalue weighted by Gasteiger charge is -2.04. The van der Waals surface area contributed by atoms with E-state index in [4.69, 9.17) is 4.52 Å². The van der Waals surface area contributed by atoms with Crippen LogP contribution in [0.4, 0.5) is 13.2 Å². The van der Waals surface area contributed by atoms with Gasteiger partial charge in [0.2, 0.25) is 0 Å². The van der Waals surface area contributed by atoms with Gasteiger partial charge in [0.1, 0.15) is 0 Å². The Morgan fingerprint density at radius 3 is 2.64 bits per heavy atom. The number of carbonyl (C=O) groups excluding carboxylic acids is 1. The minimum absolute atomic E-state index is 0.0929. The standard InChI is InChI=1S/C16H13F3N4O2/c17-16(18,19)14-6-8-23(21-14)9-7-20-15(24)12-10-13(25-22-12)11-4-2-1-3-5-11/h1-6,8,10H,7,9H2,(H,20,24). The molecule has 6 nitrogen and oxygen atoms in total. The van der Waals surface area contributed by atoms with Crippen molar-refractivity contribution in [3.05, 3.63) is 60.0 Å². The molecule has 0 radical (unpaired) electrons. The molecule has 0 saturated carbocycles. The van der Waals surface area contributed by atoms with Gasteiger partial charge >= 0.3 is 6.18 Å². The Labute approximate surface area is 140 Å². The Morgan fingerprint density at radius 1 is 1.20 bits per heavy atom. The van der Waals surface area contributed by atoms with E-state index in [1.807, 2.05) is 30.3 Å². The number of nitrogens with zero attached hydrogens (tertiary/aromatic N) is 3. The molecule has 0 spiro atoms. The molecule has 0 aliphatic heterocycles. The third kappa shape index (κ3) is 4.06. The minimum Gasteiger partial charge on any atom is -0.355 e. The first kappa shape index (κ1) is 16.7. The van der Waals surface area contributed by atoms with Crippen molar-refractivity contribution < 1.29 is 22.5 Å². The largest absolute Gasteiger partial charge is 0.435 e. The number of carbonyl (C=O) groups is 1. The van der Waals surface area contributed by atoms with Crippen LogP contribution in [0.1, 0.15) is 16.2 Å². The second-order valence-corrected chi connectivity index (χ2v) is 5.16. The smallest absolute Gasteiger partial charge is 0.355 e. The molecule has 1 N–H and O–H groups in total. The number of halogens is 3. The van der Waals surface area contributed by atoms with Crippen LogP contribution >= 0.6 is 0 Å². The Morgan fingerprint density at radius 2 is 1.96 bits per heavy atom. The number of nitrogens with one attached hydrogen (secondary N) is 1. The molecule has 1 amide bonds. The van der Waals surface area contributed by atoms with Gasteiger partial charge in [-0.25, -0.2) is 0 Å². The van der Waals surface area contributed by atoms with E-state index in [0.29, 0.717) is 5.76 Å². The summed E-state index contributed by atoms with van der Waals surface area (Å²) in [5.74, 6) is -0.0261. The maximum absolute atomic E-state index is 12.5. The maximum Gasteiger partial charge on any atom is 0.435 e. The van der Waals surface area contributed by atoms with Gasteiger partial charge in [0.05, 0.1) is 6.54 Å². The normalized spacial score (nSPS) is 11.5. The van der Waals surface area contributed by atoms with Crippen molar-refractivity contribution >= 4 is 5.91 Å².